The molecule has 5 heteroatoms. The van der Waals surface area contributed by atoms with Crippen LogP contribution in [0.3, 0.4) is 0 Å². The zero-order chi connectivity index (χ0) is 14.1. The van der Waals surface area contributed by atoms with E-state index in [1.807, 2.05) is 31.2 Å². The number of ether oxygens (including phenoxy) is 1. The minimum atomic E-state index is 0.00927. The van der Waals surface area contributed by atoms with E-state index in [0.717, 1.165) is 16.5 Å². The molecule has 0 saturated carbocycles. The number of hydrogen-bond donors (Lipinski definition) is 2. The SMILES string of the molecule is COCCCNC(=O)CN[C@@H](C)c1ccccc1Br. The molecular formula is C14H21BrN2O2. The maximum atomic E-state index is 11.6. The molecule has 1 atom stereocenters. The summed E-state index contributed by atoms with van der Waals surface area (Å²) in [4.78, 5) is 11.6. The lowest BCUT2D eigenvalue weighted by Crippen LogP contribution is -2.35. The van der Waals surface area contributed by atoms with Gasteiger partial charge in [-0.15, -0.1) is 0 Å². The van der Waals surface area contributed by atoms with Crippen molar-refractivity contribution in [3.8, 4) is 0 Å². The highest BCUT2D eigenvalue weighted by Crippen LogP contribution is 2.22. The summed E-state index contributed by atoms with van der Waals surface area (Å²) in [6.07, 6.45) is 0.835. The van der Waals surface area contributed by atoms with Crippen molar-refractivity contribution in [2.24, 2.45) is 0 Å². The van der Waals surface area contributed by atoms with Crippen molar-refractivity contribution in [2.45, 2.75) is 19.4 Å². The Morgan fingerprint density at radius 3 is 2.84 bits per heavy atom. The van der Waals surface area contributed by atoms with E-state index < -0.39 is 0 Å². The number of amides is 1. The van der Waals surface area contributed by atoms with Crippen molar-refractivity contribution < 1.29 is 9.53 Å². The molecule has 0 aliphatic heterocycles. The molecule has 1 rings (SSSR count). The third-order valence-corrected chi connectivity index (χ3v) is 3.51. The first-order chi connectivity index (χ1) is 9.15. The van der Waals surface area contributed by atoms with E-state index >= 15 is 0 Å². The van der Waals surface area contributed by atoms with E-state index in [1.54, 1.807) is 7.11 Å². The fourth-order valence-electron chi connectivity index (χ4n) is 1.69. The summed E-state index contributed by atoms with van der Waals surface area (Å²) in [7, 11) is 1.66. The van der Waals surface area contributed by atoms with Crippen LogP contribution >= 0.6 is 15.9 Å². The van der Waals surface area contributed by atoms with Gasteiger partial charge in [0.2, 0.25) is 5.91 Å². The lowest BCUT2D eigenvalue weighted by molar-refractivity contribution is -0.120. The number of benzene rings is 1. The molecular weight excluding hydrogens is 308 g/mol. The zero-order valence-electron chi connectivity index (χ0n) is 11.4. The number of carbonyl (C=O) groups excluding carboxylic acids is 1. The molecule has 1 amide bonds. The summed E-state index contributed by atoms with van der Waals surface area (Å²) >= 11 is 3.51. The van der Waals surface area contributed by atoms with Crippen LogP contribution in [0.4, 0.5) is 0 Å². The monoisotopic (exact) mass is 328 g/mol. The van der Waals surface area contributed by atoms with Gasteiger partial charge < -0.3 is 15.4 Å². The third kappa shape index (κ3) is 6.18. The van der Waals surface area contributed by atoms with Gasteiger partial charge in [-0.1, -0.05) is 34.1 Å². The number of nitrogens with one attached hydrogen (secondary N) is 2. The average Bonchev–Trinajstić information content (AvgIpc) is 2.41. The fraction of sp³-hybridized carbons (Fsp3) is 0.500. The number of rotatable bonds is 8. The van der Waals surface area contributed by atoms with Gasteiger partial charge in [-0.3, -0.25) is 4.79 Å². The second-order valence-electron chi connectivity index (χ2n) is 4.32. The van der Waals surface area contributed by atoms with Crippen LogP contribution in [0, 0.1) is 0 Å². The fourth-order valence-corrected chi connectivity index (χ4v) is 2.32. The molecule has 0 aromatic heterocycles. The van der Waals surface area contributed by atoms with Gasteiger partial charge in [-0.2, -0.15) is 0 Å². The lowest BCUT2D eigenvalue weighted by atomic mass is 10.1. The zero-order valence-corrected chi connectivity index (χ0v) is 13.0. The van der Waals surface area contributed by atoms with Crippen molar-refractivity contribution in [2.75, 3.05) is 26.8 Å². The van der Waals surface area contributed by atoms with Gasteiger partial charge >= 0.3 is 0 Å². The first-order valence-electron chi connectivity index (χ1n) is 6.38. The molecule has 0 bridgehead atoms. The molecule has 2 N–H and O–H groups in total. The van der Waals surface area contributed by atoms with E-state index in [-0.39, 0.29) is 11.9 Å². The first-order valence-corrected chi connectivity index (χ1v) is 7.18. The molecule has 0 aliphatic rings. The van der Waals surface area contributed by atoms with E-state index in [2.05, 4.69) is 26.6 Å². The molecule has 0 aliphatic carbocycles. The van der Waals surface area contributed by atoms with Crippen molar-refractivity contribution >= 4 is 21.8 Å². The van der Waals surface area contributed by atoms with E-state index in [0.29, 0.717) is 19.7 Å². The van der Waals surface area contributed by atoms with Crippen LogP contribution in [0.2, 0.25) is 0 Å². The summed E-state index contributed by atoms with van der Waals surface area (Å²) in [5, 5.41) is 6.05. The largest absolute Gasteiger partial charge is 0.385 e. The van der Waals surface area contributed by atoms with Gasteiger partial charge in [0, 0.05) is 30.8 Å². The van der Waals surface area contributed by atoms with Gasteiger partial charge in [0.25, 0.3) is 0 Å². The molecule has 0 radical (unpaired) electrons. The van der Waals surface area contributed by atoms with Gasteiger partial charge in [0.15, 0.2) is 0 Å². The third-order valence-electron chi connectivity index (χ3n) is 2.79. The maximum Gasteiger partial charge on any atom is 0.233 e. The Kier molecular flexibility index (Phi) is 7.70. The van der Waals surface area contributed by atoms with Gasteiger partial charge in [0.05, 0.1) is 6.54 Å². The van der Waals surface area contributed by atoms with Gasteiger partial charge in [-0.05, 0) is 25.0 Å². The van der Waals surface area contributed by atoms with Crippen LogP contribution in [0.1, 0.15) is 24.9 Å². The Labute approximate surface area is 123 Å². The Balaban J connectivity index is 2.28. The summed E-state index contributed by atoms with van der Waals surface area (Å²) in [6.45, 7) is 3.67. The van der Waals surface area contributed by atoms with E-state index in [9.17, 15) is 4.79 Å². The molecule has 4 nitrogen and oxygen atoms in total. The second kappa shape index (κ2) is 9.07. The Morgan fingerprint density at radius 2 is 2.16 bits per heavy atom. The molecule has 1 aromatic rings. The smallest absolute Gasteiger partial charge is 0.233 e. The summed E-state index contributed by atoms with van der Waals surface area (Å²) in [5.74, 6) is 0.00927. The lowest BCUT2D eigenvalue weighted by Gasteiger charge is -2.15. The van der Waals surface area contributed by atoms with Crippen molar-refractivity contribution in [3.63, 3.8) is 0 Å². The minimum Gasteiger partial charge on any atom is -0.385 e. The summed E-state index contributed by atoms with van der Waals surface area (Å²) < 4.78 is 5.97. The Bertz CT molecular complexity index is 399. The number of halogens is 1. The van der Waals surface area contributed by atoms with Crippen LogP contribution in [-0.2, 0) is 9.53 Å². The van der Waals surface area contributed by atoms with Crippen molar-refractivity contribution in [1.82, 2.24) is 10.6 Å². The van der Waals surface area contributed by atoms with Gasteiger partial charge in [0.1, 0.15) is 0 Å². The van der Waals surface area contributed by atoms with E-state index in [1.165, 1.54) is 0 Å². The van der Waals surface area contributed by atoms with Crippen molar-refractivity contribution in [1.29, 1.82) is 0 Å². The number of methoxy groups -OCH3 is 1. The summed E-state index contributed by atoms with van der Waals surface area (Å²) in [5.41, 5.74) is 1.15. The molecule has 106 valence electrons. The van der Waals surface area contributed by atoms with Crippen LogP contribution in [0.5, 0.6) is 0 Å². The average molecular weight is 329 g/mol. The molecule has 0 heterocycles. The number of hydrogen-bond acceptors (Lipinski definition) is 3. The van der Waals surface area contributed by atoms with Crippen LogP contribution < -0.4 is 10.6 Å². The highest BCUT2D eigenvalue weighted by molar-refractivity contribution is 9.10. The first kappa shape index (κ1) is 16.1. The molecule has 0 unspecified atom stereocenters. The molecule has 1 aromatic carbocycles. The highest BCUT2D eigenvalue weighted by Gasteiger charge is 2.09. The van der Waals surface area contributed by atoms with Crippen molar-refractivity contribution in [3.05, 3.63) is 34.3 Å². The quantitative estimate of drug-likeness (QED) is 0.719. The minimum absolute atomic E-state index is 0.00927. The molecule has 0 saturated heterocycles. The molecule has 19 heavy (non-hydrogen) atoms. The Morgan fingerprint density at radius 1 is 1.42 bits per heavy atom. The summed E-state index contributed by atoms with van der Waals surface area (Å²) in [6, 6.07) is 8.13. The second-order valence-corrected chi connectivity index (χ2v) is 5.17. The molecule has 0 fully saturated rings. The van der Waals surface area contributed by atoms with E-state index in [4.69, 9.17) is 4.74 Å². The Hall–Kier alpha value is -0.910. The molecule has 0 spiro atoms. The van der Waals surface area contributed by atoms with Gasteiger partial charge in [-0.25, -0.2) is 0 Å². The standard InChI is InChI=1S/C14H21BrN2O2/c1-11(12-6-3-4-7-13(12)15)17-10-14(18)16-8-5-9-19-2/h3-4,6-7,11,17H,5,8-10H2,1-2H3,(H,16,18)/t11-/m0/s1. The van der Waals surface area contributed by atoms with Crippen LogP contribution in [0.15, 0.2) is 28.7 Å². The highest BCUT2D eigenvalue weighted by atomic mass is 79.9. The number of carbonyl (C=O) groups is 1. The van der Waals surface area contributed by atoms with Crippen LogP contribution in [-0.4, -0.2) is 32.7 Å². The maximum absolute atomic E-state index is 11.6. The predicted molar refractivity (Wildman–Crippen MR) is 80.1 cm³/mol. The topological polar surface area (TPSA) is 50.4 Å². The normalized spacial score (nSPS) is 12.2. The van der Waals surface area contributed by atoms with Crippen LogP contribution in [0.25, 0.3) is 0 Å². The predicted octanol–water partition coefficient (Wildman–Crippen LogP) is 2.25.